The third kappa shape index (κ3) is 13.6. The zero-order chi connectivity index (χ0) is 28.3. The third-order valence-electron chi connectivity index (χ3n) is 5.78. The summed E-state index contributed by atoms with van der Waals surface area (Å²) in [5.41, 5.74) is 13.7. The number of aliphatic carboxylic acids is 1. The van der Waals surface area contributed by atoms with E-state index >= 15 is 0 Å². The van der Waals surface area contributed by atoms with Crippen LogP contribution in [0, 0.1) is 11.3 Å². The van der Waals surface area contributed by atoms with E-state index in [1.165, 1.54) is 0 Å². The summed E-state index contributed by atoms with van der Waals surface area (Å²) in [5, 5.41) is 30.7. The minimum Gasteiger partial charge on any atom is -0.481 e. The predicted molar refractivity (Wildman–Crippen MR) is 148 cm³/mol. The number of amides is 1. The number of hydrogen-bond acceptors (Lipinski definition) is 7. The number of hydrogen-bond donors (Lipinski definition) is 7. The van der Waals surface area contributed by atoms with Crippen molar-refractivity contribution >= 4 is 23.5 Å². The number of nitrogens with one attached hydrogen (secondary N) is 3. The van der Waals surface area contributed by atoms with Crippen LogP contribution in [0.15, 0.2) is 54.6 Å². The molecule has 208 valence electrons. The van der Waals surface area contributed by atoms with Gasteiger partial charge in [-0.25, -0.2) is 0 Å². The number of carbonyl (C=O) groups excluding carboxylic acids is 2. The van der Waals surface area contributed by atoms with Gasteiger partial charge in [0.1, 0.15) is 5.84 Å². The Balaban J connectivity index is 0.00000168. The normalized spacial score (nSPS) is 12.0. The molecule has 0 spiro atoms. The maximum atomic E-state index is 12.9. The minimum absolute atomic E-state index is 0.00937. The van der Waals surface area contributed by atoms with Gasteiger partial charge in [-0.05, 0) is 43.5 Å². The number of carboxylic acid groups (broad SMARTS) is 1. The number of nitrogens with two attached hydrogens (primary N) is 2. The molecule has 0 fully saturated rings. The Labute approximate surface area is 224 Å². The van der Waals surface area contributed by atoms with Gasteiger partial charge in [0.25, 0.3) is 5.97 Å². The summed E-state index contributed by atoms with van der Waals surface area (Å²) >= 11 is 0. The van der Waals surface area contributed by atoms with E-state index in [4.69, 9.17) is 26.8 Å². The van der Waals surface area contributed by atoms with Gasteiger partial charge in [-0.2, -0.15) is 0 Å². The molecule has 0 aliphatic carbocycles. The molecule has 38 heavy (non-hydrogen) atoms. The van der Waals surface area contributed by atoms with E-state index in [0.717, 1.165) is 37.3 Å². The molecule has 0 saturated heterocycles. The maximum Gasteiger partial charge on any atom is 0.300 e. The average Bonchev–Trinajstić information content (AvgIpc) is 2.89. The summed E-state index contributed by atoms with van der Waals surface area (Å²) in [6.45, 7) is 2.18. The minimum atomic E-state index is -0.833. The van der Waals surface area contributed by atoms with Crippen molar-refractivity contribution in [2.45, 2.75) is 51.6 Å². The van der Waals surface area contributed by atoms with Gasteiger partial charge in [0, 0.05) is 31.4 Å². The van der Waals surface area contributed by atoms with Crippen LogP contribution in [-0.2, 0) is 27.3 Å². The molecule has 2 atom stereocenters. The van der Waals surface area contributed by atoms with Crippen LogP contribution in [0.2, 0.25) is 0 Å². The summed E-state index contributed by atoms with van der Waals surface area (Å²) in [7, 11) is 0. The lowest BCUT2D eigenvalue weighted by Crippen LogP contribution is -2.43. The second kappa shape index (κ2) is 18.6. The van der Waals surface area contributed by atoms with Gasteiger partial charge in [0.15, 0.2) is 5.78 Å². The molecule has 10 nitrogen and oxygen atoms in total. The molecule has 1 amide bonds. The highest BCUT2D eigenvalue weighted by Crippen LogP contribution is 2.16. The average molecular weight is 528 g/mol. The quantitative estimate of drug-likeness (QED) is 0.0971. The van der Waals surface area contributed by atoms with Crippen LogP contribution in [0.25, 0.3) is 0 Å². The molecule has 10 heteroatoms. The molecule has 2 rings (SSSR count). The second-order valence-electron chi connectivity index (χ2n) is 8.92. The standard InChI is InChI=1S/C26H37N5O3.C2H4O2/c27-14-5-4-8-22(26(34)31-17-20-9-11-21(12-10-20)25(28)29)16-24(33)23(18-32)30-15-13-19-6-2-1-3-7-19;1-2(3)4/h1-3,6-7,9-12,22-23,30,32H,4-5,8,13-18,27H2,(H3,28,29)(H,31,34);1H3,(H,3,4)/t22-,23-;/m1./s1. The fourth-order valence-electron chi connectivity index (χ4n) is 3.70. The number of nitrogen functional groups attached to an aromatic ring is 1. The number of carboxylic acids is 1. The molecule has 0 radical (unpaired) electrons. The van der Waals surface area contributed by atoms with Crippen LogP contribution in [0.3, 0.4) is 0 Å². The Bertz CT molecular complexity index is 994. The molecule has 0 unspecified atom stereocenters. The number of aliphatic hydroxyl groups excluding tert-OH is 1. The van der Waals surface area contributed by atoms with Crippen molar-refractivity contribution in [3.05, 3.63) is 71.3 Å². The first kappa shape index (κ1) is 32.4. The molecular formula is C28H41N5O5. The summed E-state index contributed by atoms with van der Waals surface area (Å²) in [4.78, 5) is 34.8. The van der Waals surface area contributed by atoms with E-state index < -0.39 is 17.9 Å². The van der Waals surface area contributed by atoms with Crippen molar-refractivity contribution in [2.24, 2.45) is 17.4 Å². The van der Waals surface area contributed by atoms with Crippen molar-refractivity contribution in [1.82, 2.24) is 10.6 Å². The van der Waals surface area contributed by atoms with Crippen LogP contribution < -0.4 is 22.1 Å². The van der Waals surface area contributed by atoms with Crippen molar-refractivity contribution < 1.29 is 24.6 Å². The molecule has 0 heterocycles. The topological polar surface area (TPSA) is 192 Å². The first-order valence-electron chi connectivity index (χ1n) is 12.7. The zero-order valence-electron chi connectivity index (χ0n) is 22.0. The van der Waals surface area contributed by atoms with Gasteiger partial charge >= 0.3 is 0 Å². The van der Waals surface area contributed by atoms with Crippen LogP contribution in [-0.4, -0.2) is 59.4 Å². The highest BCUT2D eigenvalue weighted by molar-refractivity contribution is 5.95. The zero-order valence-corrected chi connectivity index (χ0v) is 22.0. The molecular weight excluding hydrogens is 486 g/mol. The first-order valence-corrected chi connectivity index (χ1v) is 12.7. The lowest BCUT2D eigenvalue weighted by atomic mass is 9.92. The van der Waals surface area contributed by atoms with Gasteiger partial charge < -0.3 is 32.3 Å². The third-order valence-corrected chi connectivity index (χ3v) is 5.78. The first-order chi connectivity index (χ1) is 18.2. The highest BCUT2D eigenvalue weighted by Gasteiger charge is 2.25. The lowest BCUT2D eigenvalue weighted by molar-refractivity contribution is -0.134. The van der Waals surface area contributed by atoms with Crippen LogP contribution in [0.5, 0.6) is 0 Å². The van der Waals surface area contributed by atoms with E-state index in [2.05, 4.69) is 10.6 Å². The summed E-state index contributed by atoms with van der Waals surface area (Å²) in [6, 6.07) is 16.3. The van der Waals surface area contributed by atoms with E-state index in [-0.39, 0.29) is 30.6 Å². The van der Waals surface area contributed by atoms with Crippen molar-refractivity contribution in [3.63, 3.8) is 0 Å². The predicted octanol–water partition coefficient (Wildman–Crippen LogP) is 1.58. The number of benzene rings is 2. The largest absolute Gasteiger partial charge is 0.481 e. The molecule has 9 N–H and O–H groups in total. The van der Waals surface area contributed by atoms with Crippen molar-refractivity contribution in [2.75, 3.05) is 19.7 Å². The Kier molecular flexibility index (Phi) is 15.9. The summed E-state index contributed by atoms with van der Waals surface area (Å²) in [6.07, 6.45) is 2.89. The van der Waals surface area contributed by atoms with E-state index in [1.807, 2.05) is 42.5 Å². The van der Waals surface area contributed by atoms with Crippen molar-refractivity contribution in [1.29, 1.82) is 5.41 Å². The van der Waals surface area contributed by atoms with Gasteiger partial charge in [0.2, 0.25) is 5.91 Å². The number of aliphatic hydroxyl groups is 1. The number of unbranched alkanes of at least 4 members (excludes halogenated alkanes) is 1. The Hall–Kier alpha value is -3.60. The lowest BCUT2D eigenvalue weighted by Gasteiger charge is -2.20. The molecule has 0 aromatic heterocycles. The smallest absolute Gasteiger partial charge is 0.300 e. The number of ketones is 1. The molecule has 2 aromatic carbocycles. The highest BCUT2D eigenvalue weighted by atomic mass is 16.4. The maximum absolute atomic E-state index is 12.9. The number of rotatable bonds is 16. The van der Waals surface area contributed by atoms with Gasteiger partial charge in [0.05, 0.1) is 12.6 Å². The fourth-order valence-corrected chi connectivity index (χ4v) is 3.70. The van der Waals surface area contributed by atoms with Crippen LogP contribution in [0.1, 0.15) is 49.3 Å². The van der Waals surface area contributed by atoms with Crippen LogP contribution in [0.4, 0.5) is 0 Å². The summed E-state index contributed by atoms with van der Waals surface area (Å²) in [5.74, 6) is -1.69. The van der Waals surface area contributed by atoms with E-state index in [9.17, 15) is 14.7 Å². The second-order valence-corrected chi connectivity index (χ2v) is 8.92. The Morgan fingerprint density at radius 1 is 1.00 bits per heavy atom. The Morgan fingerprint density at radius 2 is 1.63 bits per heavy atom. The number of amidine groups is 1. The number of Topliss-reactive ketones (excluding diaryl/α,β-unsaturated/α-hetero) is 1. The SMILES string of the molecule is CC(=O)O.N=C(N)c1ccc(CNC(=O)[C@H](CCCCN)CC(=O)[C@@H](CO)NCCc2ccccc2)cc1. The fraction of sp³-hybridized carbons (Fsp3) is 0.429. The van der Waals surface area contributed by atoms with E-state index in [1.54, 1.807) is 12.1 Å². The molecule has 2 aromatic rings. The summed E-state index contributed by atoms with van der Waals surface area (Å²) < 4.78 is 0. The molecule has 0 saturated carbocycles. The van der Waals surface area contributed by atoms with Gasteiger partial charge in [-0.15, -0.1) is 0 Å². The molecule has 0 aliphatic rings. The van der Waals surface area contributed by atoms with Gasteiger partial charge in [-0.1, -0.05) is 61.0 Å². The van der Waals surface area contributed by atoms with E-state index in [0.29, 0.717) is 31.6 Å². The molecule has 0 bridgehead atoms. The van der Waals surface area contributed by atoms with Crippen molar-refractivity contribution in [3.8, 4) is 0 Å². The monoisotopic (exact) mass is 527 g/mol. The number of carbonyl (C=O) groups is 3. The van der Waals surface area contributed by atoms with Gasteiger partial charge in [-0.3, -0.25) is 19.8 Å². The van der Waals surface area contributed by atoms with Crippen LogP contribution >= 0.6 is 0 Å². The Morgan fingerprint density at radius 3 is 2.18 bits per heavy atom. The molecule has 0 aliphatic heterocycles.